The predicted octanol–water partition coefficient (Wildman–Crippen LogP) is 3.61. The van der Waals surface area contributed by atoms with E-state index in [1.54, 1.807) is 43.3 Å². The first-order valence-electron chi connectivity index (χ1n) is 8.75. The number of halogens is 1. The number of ketones is 1. The molecule has 0 spiro atoms. The maximum absolute atomic E-state index is 13.3. The Morgan fingerprint density at radius 1 is 1.21 bits per heavy atom. The molecule has 146 valence electrons. The van der Waals surface area contributed by atoms with Crippen molar-refractivity contribution < 1.29 is 23.9 Å². The summed E-state index contributed by atoms with van der Waals surface area (Å²) < 4.78 is 9.97. The van der Waals surface area contributed by atoms with Gasteiger partial charge in [0.15, 0.2) is 0 Å². The lowest BCUT2D eigenvalue weighted by Crippen LogP contribution is -2.45. The number of aromatic nitrogens is 1. The maximum atomic E-state index is 13.3. The Morgan fingerprint density at radius 3 is 2.64 bits per heavy atom. The van der Waals surface area contributed by atoms with Crippen LogP contribution in [0.5, 0.6) is 0 Å². The molecule has 2 atom stereocenters. The predicted molar refractivity (Wildman–Crippen MR) is 103 cm³/mol. The van der Waals surface area contributed by atoms with Crippen LogP contribution in [0.25, 0.3) is 0 Å². The molecule has 0 fully saturated rings. The number of hydrogen-bond acceptors (Lipinski definition) is 6. The minimum atomic E-state index is -0.999. The molecule has 1 aromatic heterocycles. The number of carbonyl (C=O) groups excluding carboxylic acids is 3. The molecular weight excluding hydrogens is 384 g/mol. The topological polar surface area (TPSA) is 85.8 Å². The molecule has 1 amide bonds. The van der Waals surface area contributed by atoms with Crippen molar-refractivity contribution in [3.8, 4) is 0 Å². The summed E-state index contributed by atoms with van der Waals surface area (Å²) in [5, 5.41) is 0.399. The van der Waals surface area contributed by atoms with Gasteiger partial charge in [0, 0.05) is 17.1 Å². The van der Waals surface area contributed by atoms with Gasteiger partial charge in [-0.25, -0.2) is 4.79 Å². The number of amides is 1. The highest BCUT2D eigenvalue weighted by molar-refractivity contribution is 6.31. The van der Waals surface area contributed by atoms with Gasteiger partial charge in [0.05, 0.1) is 25.8 Å². The number of rotatable bonds is 5. The smallest absolute Gasteiger partial charge is 0.414 e. The lowest BCUT2D eigenvalue weighted by molar-refractivity contribution is -0.141. The fraction of sp³-hybridized carbons (Fsp3) is 0.300. The molecule has 1 aromatic carbocycles. The quantitative estimate of drug-likeness (QED) is 0.561. The van der Waals surface area contributed by atoms with Gasteiger partial charge < -0.3 is 9.47 Å². The first-order chi connectivity index (χ1) is 13.5. The molecule has 0 saturated heterocycles. The standard InChI is InChI=1S/C20H19ClN2O5/c1-3-28-20(26)23-16-10-12(21)7-8-13(16)14(11-17(24)27-2)18(23)19(25)15-6-4-5-9-22-15/h4-10,14,18H,3,11H2,1-2H3. The van der Waals surface area contributed by atoms with Crippen LogP contribution in [0.3, 0.4) is 0 Å². The molecule has 0 radical (unpaired) electrons. The van der Waals surface area contributed by atoms with Crippen LogP contribution in [0.1, 0.15) is 35.3 Å². The molecule has 2 unspecified atom stereocenters. The zero-order valence-corrected chi connectivity index (χ0v) is 16.2. The summed E-state index contributed by atoms with van der Waals surface area (Å²) in [7, 11) is 1.28. The summed E-state index contributed by atoms with van der Waals surface area (Å²) in [5.41, 5.74) is 1.28. The van der Waals surface area contributed by atoms with Crippen molar-refractivity contribution in [1.29, 1.82) is 0 Å². The molecule has 0 N–H and O–H groups in total. The Labute approximate surface area is 167 Å². The van der Waals surface area contributed by atoms with Crippen molar-refractivity contribution in [1.82, 2.24) is 4.98 Å². The molecule has 1 aliphatic heterocycles. The number of fused-ring (bicyclic) bond motifs is 1. The van der Waals surface area contributed by atoms with Crippen LogP contribution in [0.4, 0.5) is 10.5 Å². The second-order valence-electron chi connectivity index (χ2n) is 6.18. The molecule has 0 saturated carbocycles. The van der Waals surface area contributed by atoms with E-state index < -0.39 is 29.8 Å². The number of methoxy groups -OCH3 is 1. The van der Waals surface area contributed by atoms with E-state index in [1.165, 1.54) is 18.2 Å². The first kappa shape index (κ1) is 19.8. The summed E-state index contributed by atoms with van der Waals surface area (Å²) in [6.45, 7) is 1.81. The normalized spacial score (nSPS) is 17.8. The van der Waals surface area contributed by atoms with Crippen molar-refractivity contribution in [3.63, 3.8) is 0 Å². The second kappa shape index (κ2) is 8.39. The Balaban J connectivity index is 2.13. The third-order valence-electron chi connectivity index (χ3n) is 4.58. The Morgan fingerprint density at radius 2 is 2.00 bits per heavy atom. The van der Waals surface area contributed by atoms with Crippen molar-refractivity contribution in [2.75, 3.05) is 18.6 Å². The highest BCUT2D eigenvalue weighted by atomic mass is 35.5. The third-order valence-corrected chi connectivity index (χ3v) is 4.81. The number of esters is 1. The van der Waals surface area contributed by atoms with Crippen molar-refractivity contribution in [3.05, 3.63) is 58.9 Å². The van der Waals surface area contributed by atoms with E-state index >= 15 is 0 Å². The van der Waals surface area contributed by atoms with Gasteiger partial charge in [-0.3, -0.25) is 19.5 Å². The van der Waals surface area contributed by atoms with Gasteiger partial charge in [-0.15, -0.1) is 0 Å². The lowest BCUT2D eigenvalue weighted by Gasteiger charge is -2.26. The number of nitrogens with zero attached hydrogens (tertiary/aromatic N) is 2. The number of anilines is 1. The second-order valence-corrected chi connectivity index (χ2v) is 6.62. The van der Waals surface area contributed by atoms with E-state index in [4.69, 9.17) is 21.1 Å². The van der Waals surface area contributed by atoms with Crippen LogP contribution >= 0.6 is 11.6 Å². The van der Waals surface area contributed by atoms with Crippen molar-refractivity contribution >= 4 is 35.1 Å². The highest BCUT2D eigenvalue weighted by Gasteiger charge is 2.48. The number of benzene rings is 1. The van der Waals surface area contributed by atoms with E-state index in [2.05, 4.69) is 4.98 Å². The van der Waals surface area contributed by atoms with Crippen molar-refractivity contribution in [2.24, 2.45) is 0 Å². The Bertz CT molecular complexity index is 903. The SMILES string of the molecule is CCOC(=O)N1c2cc(Cl)ccc2C(CC(=O)OC)C1C(=O)c1ccccn1. The Hall–Kier alpha value is -2.93. The highest BCUT2D eigenvalue weighted by Crippen LogP contribution is 2.45. The van der Waals surface area contributed by atoms with Crippen LogP contribution in [-0.4, -0.2) is 42.6 Å². The molecule has 2 aromatic rings. The van der Waals surface area contributed by atoms with Crippen LogP contribution in [0.2, 0.25) is 5.02 Å². The number of ether oxygens (including phenoxy) is 2. The summed E-state index contributed by atoms with van der Waals surface area (Å²) in [4.78, 5) is 43.4. The molecule has 2 heterocycles. The van der Waals surface area contributed by atoms with E-state index in [1.807, 2.05) is 0 Å². The average Bonchev–Trinajstić information content (AvgIpc) is 3.01. The zero-order valence-electron chi connectivity index (χ0n) is 15.4. The number of Topliss-reactive ketones (excluding diaryl/α,β-unsaturated/α-hetero) is 1. The third kappa shape index (κ3) is 3.71. The summed E-state index contributed by atoms with van der Waals surface area (Å²) in [5.74, 6) is -1.50. The van der Waals surface area contributed by atoms with Gasteiger partial charge in [-0.05, 0) is 36.8 Å². The van der Waals surface area contributed by atoms with E-state index in [0.29, 0.717) is 16.3 Å². The van der Waals surface area contributed by atoms with Gasteiger partial charge in [0.2, 0.25) is 5.78 Å². The first-order valence-corrected chi connectivity index (χ1v) is 9.13. The number of pyridine rings is 1. The average molecular weight is 403 g/mol. The number of hydrogen-bond donors (Lipinski definition) is 0. The lowest BCUT2D eigenvalue weighted by atomic mass is 9.88. The minimum absolute atomic E-state index is 0.0791. The van der Waals surface area contributed by atoms with Gasteiger partial charge in [-0.2, -0.15) is 0 Å². The minimum Gasteiger partial charge on any atom is -0.469 e. The van der Waals surface area contributed by atoms with Crippen molar-refractivity contribution in [2.45, 2.75) is 25.3 Å². The van der Waals surface area contributed by atoms with Crippen LogP contribution in [-0.2, 0) is 14.3 Å². The largest absolute Gasteiger partial charge is 0.469 e. The summed E-state index contributed by atoms with van der Waals surface area (Å²) in [6, 6.07) is 8.89. The molecule has 3 rings (SSSR count). The molecule has 0 aliphatic carbocycles. The van der Waals surface area contributed by atoms with Gasteiger partial charge in [-0.1, -0.05) is 23.7 Å². The van der Waals surface area contributed by atoms with Gasteiger partial charge in [0.25, 0.3) is 0 Å². The van der Waals surface area contributed by atoms with Gasteiger partial charge in [0.1, 0.15) is 11.7 Å². The monoisotopic (exact) mass is 402 g/mol. The molecule has 8 heteroatoms. The van der Waals surface area contributed by atoms with Gasteiger partial charge >= 0.3 is 12.1 Å². The van der Waals surface area contributed by atoms with E-state index in [0.717, 1.165) is 0 Å². The molecule has 0 bridgehead atoms. The molecule has 7 nitrogen and oxygen atoms in total. The molecule has 1 aliphatic rings. The van der Waals surface area contributed by atoms with E-state index in [-0.39, 0.29) is 18.7 Å². The number of carbonyl (C=O) groups is 3. The molecular formula is C20H19ClN2O5. The summed E-state index contributed by atoms with van der Waals surface area (Å²) in [6.07, 6.45) is 0.730. The van der Waals surface area contributed by atoms with Crippen LogP contribution < -0.4 is 4.90 Å². The van der Waals surface area contributed by atoms with E-state index in [9.17, 15) is 14.4 Å². The van der Waals surface area contributed by atoms with Crippen LogP contribution in [0.15, 0.2) is 42.6 Å². The Kier molecular flexibility index (Phi) is 5.94. The summed E-state index contributed by atoms with van der Waals surface area (Å²) >= 11 is 6.13. The fourth-order valence-corrected chi connectivity index (χ4v) is 3.55. The maximum Gasteiger partial charge on any atom is 0.414 e. The fourth-order valence-electron chi connectivity index (χ4n) is 3.39. The molecule has 28 heavy (non-hydrogen) atoms. The zero-order chi connectivity index (χ0) is 20.3. The van der Waals surface area contributed by atoms with Crippen LogP contribution in [0, 0.1) is 0 Å².